The normalized spacial score (nSPS) is 15.1. The smallest absolute Gasteiger partial charge is 0.252 e. The molecule has 5 heteroatoms. The van der Waals surface area contributed by atoms with E-state index in [-0.39, 0.29) is 28.4 Å². The largest absolute Gasteiger partial charge is 0.310 e. The van der Waals surface area contributed by atoms with E-state index >= 15 is 0 Å². The summed E-state index contributed by atoms with van der Waals surface area (Å²) in [7, 11) is 0. The fourth-order valence-corrected chi connectivity index (χ4v) is 14.5. The van der Waals surface area contributed by atoms with Crippen molar-refractivity contribution < 1.29 is 0 Å². The van der Waals surface area contributed by atoms with Gasteiger partial charge in [-0.2, -0.15) is 0 Å². The highest BCUT2D eigenvalue weighted by molar-refractivity contribution is 7.00. The van der Waals surface area contributed by atoms with E-state index in [1.54, 1.807) is 0 Å². The Balaban J connectivity index is 1.10. The van der Waals surface area contributed by atoms with Crippen molar-refractivity contribution in [2.24, 2.45) is 0 Å². The van der Waals surface area contributed by atoms with E-state index in [4.69, 9.17) is 9.97 Å². The predicted octanol–water partition coefficient (Wildman–Crippen LogP) is 16.0. The van der Waals surface area contributed by atoms with Gasteiger partial charge in [0.05, 0.1) is 22.4 Å². The zero-order chi connectivity index (χ0) is 52.4. The second kappa shape index (κ2) is 14.8. The second-order valence-electron chi connectivity index (χ2n) is 25.8. The molecule has 2 aliphatic heterocycles. The first kappa shape index (κ1) is 45.0. The molecule has 0 unspecified atom stereocenters. The van der Waals surface area contributed by atoms with Crippen molar-refractivity contribution in [3.63, 3.8) is 0 Å². The molecular formula is C72H59BN4. The average Bonchev–Trinajstić information content (AvgIpc) is 4.17. The van der Waals surface area contributed by atoms with Crippen LogP contribution < -0.4 is 16.4 Å². The summed E-state index contributed by atoms with van der Waals surface area (Å²) in [4.78, 5) is 11.1. The molecule has 4 aliphatic rings. The molecule has 370 valence electrons. The van der Waals surface area contributed by atoms with E-state index in [0.717, 1.165) is 28.1 Å². The van der Waals surface area contributed by atoms with Crippen molar-refractivity contribution in [1.29, 1.82) is 0 Å². The molecule has 0 spiro atoms. The maximum absolute atomic E-state index is 5.57. The van der Waals surface area contributed by atoms with Crippen LogP contribution in [0.15, 0.2) is 176 Å². The van der Waals surface area contributed by atoms with Gasteiger partial charge < -0.3 is 9.13 Å². The lowest BCUT2D eigenvalue weighted by Gasteiger charge is -2.35. The highest BCUT2D eigenvalue weighted by Gasteiger charge is 2.45. The van der Waals surface area contributed by atoms with Gasteiger partial charge in [0.25, 0.3) is 6.71 Å². The minimum atomic E-state index is -0.153. The summed E-state index contributed by atoms with van der Waals surface area (Å²) in [5.41, 5.74) is 29.5. The van der Waals surface area contributed by atoms with E-state index in [1.165, 1.54) is 127 Å². The third-order valence-corrected chi connectivity index (χ3v) is 18.6. The third-order valence-electron chi connectivity index (χ3n) is 18.6. The van der Waals surface area contributed by atoms with Crippen LogP contribution >= 0.6 is 0 Å². The molecule has 5 heterocycles. The summed E-state index contributed by atoms with van der Waals surface area (Å²) in [5.74, 6) is 0.706. The van der Waals surface area contributed by atoms with Crippen LogP contribution in [0.1, 0.15) is 103 Å². The standard InChI is InChI=1S/C72H59BN4/c1-69(2,3)43-31-51-49-35-55-47(45-25-17-19-27-53(45)71(55,7)8)37-61(49)76-63-29-42(68-74-59(40-21-13-11-14-22-40)39-60(75-68)41-23-15-12-16-24-41)30-64-65(63)73(57(33-43)66(51)76)58-34-44(70(4,5)6)32-52-50-36-56-48(38-62(50)77(64)67(52)58)46-26-18-20-28-54(46)72(56,9)10/h11-39H,1-10H3. The molecule has 4 nitrogen and oxygen atoms in total. The molecular weight excluding hydrogens is 932 g/mol. The Labute approximate surface area is 451 Å². The lowest BCUT2D eigenvalue weighted by Crippen LogP contribution is -2.59. The Kier molecular flexibility index (Phi) is 8.64. The van der Waals surface area contributed by atoms with Crippen LogP contribution in [0, 0.1) is 0 Å². The number of fused-ring (bicyclic) bond motifs is 16. The Morgan fingerprint density at radius 2 is 0.805 bits per heavy atom. The number of rotatable bonds is 3. The molecule has 0 radical (unpaired) electrons. The highest BCUT2D eigenvalue weighted by atomic mass is 15.0. The Hall–Kier alpha value is -8.28. The fraction of sp³-hybridized carbons (Fsp3) is 0.194. The summed E-state index contributed by atoms with van der Waals surface area (Å²) in [6.07, 6.45) is 0. The van der Waals surface area contributed by atoms with Crippen molar-refractivity contribution in [3.8, 4) is 67.5 Å². The lowest BCUT2D eigenvalue weighted by atomic mass is 9.34. The molecule has 0 saturated carbocycles. The summed E-state index contributed by atoms with van der Waals surface area (Å²) in [5, 5.41) is 5.23. The van der Waals surface area contributed by atoms with Gasteiger partial charge in [-0.25, -0.2) is 9.97 Å². The van der Waals surface area contributed by atoms with E-state index in [2.05, 4.69) is 254 Å². The highest BCUT2D eigenvalue weighted by Crippen LogP contribution is 2.54. The molecule has 2 aliphatic carbocycles. The van der Waals surface area contributed by atoms with Crippen molar-refractivity contribution in [2.45, 2.75) is 90.9 Å². The van der Waals surface area contributed by atoms with E-state index < -0.39 is 0 Å². The van der Waals surface area contributed by atoms with Gasteiger partial charge in [-0.1, -0.05) is 191 Å². The molecule has 3 aromatic heterocycles. The van der Waals surface area contributed by atoms with Crippen LogP contribution in [-0.4, -0.2) is 25.8 Å². The predicted molar refractivity (Wildman–Crippen MR) is 324 cm³/mol. The number of hydrogen-bond donors (Lipinski definition) is 0. The van der Waals surface area contributed by atoms with Crippen molar-refractivity contribution in [3.05, 3.63) is 209 Å². The summed E-state index contributed by atoms with van der Waals surface area (Å²) in [6, 6.07) is 66.9. The third kappa shape index (κ3) is 5.95. The molecule has 77 heavy (non-hydrogen) atoms. The fourth-order valence-electron chi connectivity index (χ4n) is 14.5. The molecule has 9 aromatic carbocycles. The summed E-state index contributed by atoms with van der Waals surface area (Å²) < 4.78 is 5.33. The Morgan fingerprint density at radius 1 is 0.390 bits per heavy atom. The maximum Gasteiger partial charge on any atom is 0.252 e. The average molecular weight is 991 g/mol. The van der Waals surface area contributed by atoms with Gasteiger partial charge in [0, 0.05) is 71.5 Å². The zero-order valence-corrected chi connectivity index (χ0v) is 45.6. The molecule has 0 amide bonds. The van der Waals surface area contributed by atoms with Gasteiger partial charge in [-0.15, -0.1) is 0 Å². The van der Waals surface area contributed by atoms with E-state index in [9.17, 15) is 0 Å². The Morgan fingerprint density at radius 3 is 1.23 bits per heavy atom. The molecule has 0 saturated heterocycles. The molecule has 0 fully saturated rings. The van der Waals surface area contributed by atoms with Crippen molar-refractivity contribution >= 4 is 66.7 Å². The van der Waals surface area contributed by atoms with Gasteiger partial charge in [0.15, 0.2) is 5.82 Å². The van der Waals surface area contributed by atoms with Crippen LogP contribution in [0.3, 0.4) is 0 Å². The van der Waals surface area contributed by atoms with Gasteiger partial charge >= 0.3 is 0 Å². The van der Waals surface area contributed by atoms with E-state index in [1.807, 2.05) is 0 Å². The maximum atomic E-state index is 5.57. The van der Waals surface area contributed by atoms with Crippen LogP contribution in [0.25, 0.3) is 111 Å². The zero-order valence-electron chi connectivity index (χ0n) is 45.6. The number of aromatic nitrogens is 4. The van der Waals surface area contributed by atoms with Crippen LogP contribution in [0.4, 0.5) is 0 Å². The molecule has 0 bridgehead atoms. The number of benzene rings is 9. The van der Waals surface area contributed by atoms with Gasteiger partial charge in [0.2, 0.25) is 0 Å². The van der Waals surface area contributed by atoms with Crippen molar-refractivity contribution in [2.75, 3.05) is 0 Å². The van der Waals surface area contributed by atoms with Gasteiger partial charge in [-0.05, 0) is 137 Å². The monoisotopic (exact) mass is 990 g/mol. The first-order valence-electron chi connectivity index (χ1n) is 27.7. The summed E-state index contributed by atoms with van der Waals surface area (Å²) >= 11 is 0. The Bertz CT molecular complexity index is 4340. The molecule has 0 N–H and O–H groups in total. The molecule has 12 aromatic rings. The minimum Gasteiger partial charge on any atom is -0.310 e. The van der Waals surface area contributed by atoms with Crippen LogP contribution in [-0.2, 0) is 21.7 Å². The van der Waals surface area contributed by atoms with Crippen LogP contribution in [0.5, 0.6) is 0 Å². The minimum absolute atomic E-state index is 0.0539. The number of hydrogen-bond acceptors (Lipinski definition) is 2. The molecule has 0 atom stereocenters. The quantitative estimate of drug-likeness (QED) is 0.165. The summed E-state index contributed by atoms with van der Waals surface area (Å²) in [6.45, 7) is 23.9. The topological polar surface area (TPSA) is 35.6 Å². The van der Waals surface area contributed by atoms with E-state index in [0.29, 0.717) is 5.82 Å². The number of nitrogens with zero attached hydrogens (tertiary/aromatic N) is 4. The SMILES string of the molecule is CC(C)(C)c1cc2c3c(c1)c1cc4c(cc1n3-c1cc(-c3nc(-c5ccccc5)cc(-c5ccccc5)n3)cc3c1B2c1cc(C(C)(C)C)cc2c5cc6c(cc5n-3c12)-c1ccccc1C6(C)C)-c1ccccc1C4(C)C. The second-order valence-corrected chi connectivity index (χ2v) is 25.8. The first-order chi connectivity index (χ1) is 36.9. The van der Waals surface area contributed by atoms with Gasteiger partial charge in [-0.3, -0.25) is 0 Å². The first-order valence-corrected chi connectivity index (χ1v) is 27.7. The van der Waals surface area contributed by atoms with Gasteiger partial charge in [0.1, 0.15) is 0 Å². The van der Waals surface area contributed by atoms with Crippen molar-refractivity contribution in [1.82, 2.24) is 19.1 Å². The molecule has 16 rings (SSSR count). The van der Waals surface area contributed by atoms with Crippen LogP contribution in [0.2, 0.25) is 0 Å². The lowest BCUT2D eigenvalue weighted by molar-refractivity contribution is 0.591.